The van der Waals surface area contributed by atoms with Crippen LogP contribution >= 0.6 is 0 Å². The van der Waals surface area contributed by atoms with E-state index in [1.807, 2.05) is 10.7 Å². The van der Waals surface area contributed by atoms with E-state index < -0.39 is 0 Å². The number of aromatic nitrogens is 2. The largest absolute Gasteiger partial charge is 0.384 e. The molecule has 2 aromatic rings. The number of rotatable bonds is 2. The molecule has 2 N–H and O–H groups in total. The second-order valence-electron chi connectivity index (χ2n) is 4.55. The molecule has 4 heteroatoms. The van der Waals surface area contributed by atoms with Crippen LogP contribution in [0.15, 0.2) is 30.5 Å². The normalized spacial score (nSPS) is 14.1. The van der Waals surface area contributed by atoms with Crippen molar-refractivity contribution in [1.29, 1.82) is 0 Å². The summed E-state index contributed by atoms with van der Waals surface area (Å²) in [5.74, 6) is 0.711. The predicted octanol–water partition coefficient (Wildman–Crippen LogP) is 1.51. The summed E-state index contributed by atoms with van der Waals surface area (Å²) in [6.07, 6.45) is 2.87. The van der Waals surface area contributed by atoms with Gasteiger partial charge in [0.05, 0.1) is 12.7 Å². The smallest absolute Gasteiger partial charge is 0.122 e. The molecule has 0 radical (unpaired) electrons. The van der Waals surface area contributed by atoms with E-state index in [1.54, 1.807) is 6.20 Å². The van der Waals surface area contributed by atoms with Gasteiger partial charge in [0.15, 0.2) is 0 Å². The Hall–Kier alpha value is -1.97. The van der Waals surface area contributed by atoms with Crippen molar-refractivity contribution < 1.29 is 0 Å². The molecule has 88 valence electrons. The standard InChI is InChI=1S/C13H16N4/c1-16-7-5-11-8-10(2-3-12(11)16)9-17-13(14)4-6-15-17/h2-4,6,8H,5,7,9,14H2,1H3. The maximum Gasteiger partial charge on any atom is 0.122 e. The van der Waals surface area contributed by atoms with E-state index in [2.05, 4.69) is 35.2 Å². The van der Waals surface area contributed by atoms with Gasteiger partial charge in [0, 0.05) is 19.3 Å². The first-order valence-electron chi connectivity index (χ1n) is 5.84. The van der Waals surface area contributed by atoms with Crippen LogP contribution in [0.3, 0.4) is 0 Å². The maximum absolute atomic E-state index is 5.82. The summed E-state index contributed by atoms with van der Waals surface area (Å²) >= 11 is 0. The van der Waals surface area contributed by atoms with Gasteiger partial charge in [-0.2, -0.15) is 5.10 Å². The number of anilines is 2. The number of nitrogen functional groups attached to an aromatic ring is 1. The van der Waals surface area contributed by atoms with Gasteiger partial charge in [-0.3, -0.25) is 0 Å². The van der Waals surface area contributed by atoms with Crippen LogP contribution in [-0.2, 0) is 13.0 Å². The average Bonchev–Trinajstić information content (AvgIpc) is 2.87. The van der Waals surface area contributed by atoms with Crippen molar-refractivity contribution in [3.05, 3.63) is 41.6 Å². The Morgan fingerprint density at radius 3 is 3.00 bits per heavy atom. The van der Waals surface area contributed by atoms with E-state index >= 15 is 0 Å². The number of fused-ring (bicyclic) bond motifs is 1. The molecule has 2 heterocycles. The van der Waals surface area contributed by atoms with Crippen molar-refractivity contribution >= 4 is 11.5 Å². The van der Waals surface area contributed by atoms with Crippen molar-refractivity contribution in [2.45, 2.75) is 13.0 Å². The molecule has 0 aliphatic carbocycles. The molecular weight excluding hydrogens is 212 g/mol. The molecule has 0 spiro atoms. The molecule has 1 aromatic carbocycles. The van der Waals surface area contributed by atoms with Gasteiger partial charge in [0.1, 0.15) is 5.82 Å². The summed E-state index contributed by atoms with van der Waals surface area (Å²) in [5, 5.41) is 4.20. The fourth-order valence-corrected chi connectivity index (χ4v) is 2.37. The van der Waals surface area contributed by atoms with Crippen LogP contribution in [0.5, 0.6) is 0 Å². The predicted molar refractivity (Wildman–Crippen MR) is 69.2 cm³/mol. The average molecular weight is 228 g/mol. The third kappa shape index (κ3) is 1.75. The summed E-state index contributed by atoms with van der Waals surface area (Å²) in [6.45, 7) is 1.86. The molecule has 1 aliphatic heterocycles. The van der Waals surface area contributed by atoms with Crippen LogP contribution < -0.4 is 10.6 Å². The molecule has 1 aromatic heterocycles. The minimum atomic E-state index is 0.711. The summed E-state index contributed by atoms with van der Waals surface area (Å²) in [4.78, 5) is 2.29. The molecule has 0 atom stereocenters. The Bertz CT molecular complexity index is 544. The maximum atomic E-state index is 5.82. The lowest BCUT2D eigenvalue weighted by Gasteiger charge is -2.12. The second-order valence-corrected chi connectivity index (χ2v) is 4.55. The SMILES string of the molecule is CN1CCc2cc(Cn3nccc3N)ccc21. The Balaban J connectivity index is 1.88. The fourth-order valence-electron chi connectivity index (χ4n) is 2.37. The van der Waals surface area contributed by atoms with E-state index in [0.717, 1.165) is 19.5 Å². The van der Waals surface area contributed by atoms with Crippen molar-refractivity contribution in [3.8, 4) is 0 Å². The van der Waals surface area contributed by atoms with E-state index in [9.17, 15) is 0 Å². The van der Waals surface area contributed by atoms with Gasteiger partial charge in [0.2, 0.25) is 0 Å². The van der Waals surface area contributed by atoms with Crippen LogP contribution in [0.4, 0.5) is 11.5 Å². The number of nitrogens with zero attached hydrogens (tertiary/aromatic N) is 3. The van der Waals surface area contributed by atoms with E-state index in [-0.39, 0.29) is 0 Å². The first-order chi connectivity index (χ1) is 8.24. The van der Waals surface area contributed by atoms with E-state index in [0.29, 0.717) is 5.82 Å². The highest BCUT2D eigenvalue weighted by atomic mass is 15.3. The topological polar surface area (TPSA) is 47.1 Å². The van der Waals surface area contributed by atoms with E-state index in [4.69, 9.17) is 5.73 Å². The van der Waals surface area contributed by atoms with Gasteiger partial charge in [0.25, 0.3) is 0 Å². The van der Waals surface area contributed by atoms with Gasteiger partial charge < -0.3 is 10.6 Å². The second kappa shape index (κ2) is 3.80. The molecule has 0 unspecified atom stereocenters. The molecule has 0 saturated heterocycles. The molecule has 0 bridgehead atoms. The molecule has 1 aliphatic rings. The van der Waals surface area contributed by atoms with E-state index in [1.165, 1.54) is 16.8 Å². The van der Waals surface area contributed by atoms with Gasteiger partial charge >= 0.3 is 0 Å². The first kappa shape index (κ1) is 10.2. The third-order valence-electron chi connectivity index (χ3n) is 3.35. The Morgan fingerprint density at radius 2 is 2.24 bits per heavy atom. The van der Waals surface area contributed by atoms with Crippen LogP contribution in [0, 0.1) is 0 Å². The lowest BCUT2D eigenvalue weighted by atomic mass is 10.1. The molecular formula is C13H16N4. The number of hydrogen-bond donors (Lipinski definition) is 1. The highest BCUT2D eigenvalue weighted by Gasteiger charge is 2.15. The number of benzene rings is 1. The van der Waals surface area contributed by atoms with Crippen LogP contribution in [0.25, 0.3) is 0 Å². The Kier molecular flexibility index (Phi) is 2.28. The van der Waals surface area contributed by atoms with Crippen molar-refractivity contribution in [2.24, 2.45) is 0 Å². The number of nitrogens with two attached hydrogens (primary N) is 1. The zero-order valence-electron chi connectivity index (χ0n) is 9.93. The zero-order chi connectivity index (χ0) is 11.8. The molecule has 0 amide bonds. The quantitative estimate of drug-likeness (QED) is 0.847. The molecule has 17 heavy (non-hydrogen) atoms. The Morgan fingerprint density at radius 1 is 1.35 bits per heavy atom. The molecule has 0 fully saturated rings. The highest BCUT2D eigenvalue weighted by Crippen LogP contribution is 2.27. The lowest BCUT2D eigenvalue weighted by Crippen LogP contribution is -2.12. The molecule has 4 nitrogen and oxygen atoms in total. The highest BCUT2D eigenvalue weighted by molar-refractivity contribution is 5.58. The minimum absolute atomic E-state index is 0.711. The monoisotopic (exact) mass is 228 g/mol. The van der Waals surface area contributed by atoms with Crippen molar-refractivity contribution in [3.63, 3.8) is 0 Å². The number of hydrogen-bond acceptors (Lipinski definition) is 3. The van der Waals surface area contributed by atoms with Gasteiger partial charge in [-0.25, -0.2) is 4.68 Å². The fraction of sp³-hybridized carbons (Fsp3) is 0.308. The number of likely N-dealkylation sites (N-methyl/N-ethyl adjacent to an activating group) is 1. The lowest BCUT2D eigenvalue weighted by molar-refractivity contribution is 0.697. The first-order valence-corrected chi connectivity index (χ1v) is 5.84. The molecule has 3 rings (SSSR count). The van der Waals surface area contributed by atoms with Crippen LogP contribution in [0.2, 0.25) is 0 Å². The van der Waals surface area contributed by atoms with Gasteiger partial charge in [-0.05, 0) is 29.7 Å². The van der Waals surface area contributed by atoms with Crippen molar-refractivity contribution in [1.82, 2.24) is 9.78 Å². The zero-order valence-corrected chi connectivity index (χ0v) is 9.93. The Labute approximate surface area is 101 Å². The summed E-state index contributed by atoms with van der Waals surface area (Å²) in [5.41, 5.74) is 9.85. The van der Waals surface area contributed by atoms with Crippen molar-refractivity contribution in [2.75, 3.05) is 24.2 Å². The summed E-state index contributed by atoms with van der Waals surface area (Å²) < 4.78 is 1.82. The van der Waals surface area contributed by atoms with Gasteiger partial charge in [-0.1, -0.05) is 12.1 Å². The minimum Gasteiger partial charge on any atom is -0.384 e. The van der Waals surface area contributed by atoms with Crippen LogP contribution in [-0.4, -0.2) is 23.4 Å². The summed E-state index contributed by atoms with van der Waals surface area (Å²) in [6, 6.07) is 8.43. The third-order valence-corrected chi connectivity index (χ3v) is 3.35. The summed E-state index contributed by atoms with van der Waals surface area (Å²) in [7, 11) is 2.14. The molecule has 0 saturated carbocycles. The van der Waals surface area contributed by atoms with Gasteiger partial charge in [-0.15, -0.1) is 0 Å². The van der Waals surface area contributed by atoms with Crippen LogP contribution in [0.1, 0.15) is 11.1 Å².